The molecule has 4 N–H and O–H groups in total. The first kappa shape index (κ1) is 35.0. The molecule has 4 heterocycles. The quantitative estimate of drug-likeness (QED) is 0.0823. The number of ether oxygens (including phenoxy) is 2. The lowest BCUT2D eigenvalue weighted by Crippen LogP contribution is -2.52. The summed E-state index contributed by atoms with van der Waals surface area (Å²) in [4.78, 5) is 29.8. The summed E-state index contributed by atoms with van der Waals surface area (Å²) >= 11 is 1.16. The lowest BCUT2D eigenvalue weighted by atomic mass is 9.86. The molecule has 1 aromatic heterocycles. The number of hydrogen-bond acceptors (Lipinski definition) is 8. The van der Waals surface area contributed by atoms with Gasteiger partial charge in [0.15, 0.2) is 0 Å². The fourth-order valence-electron chi connectivity index (χ4n) is 7.17. The van der Waals surface area contributed by atoms with E-state index in [0.717, 1.165) is 110 Å². The summed E-state index contributed by atoms with van der Waals surface area (Å²) in [5.74, 6) is 1.41. The van der Waals surface area contributed by atoms with Crippen LogP contribution >= 0.6 is 11.3 Å². The van der Waals surface area contributed by atoms with E-state index in [4.69, 9.17) is 9.47 Å². The first-order chi connectivity index (χ1) is 24.0. The minimum Gasteiger partial charge on any atom is -0.506 e. The number of hydrogen-bond donors (Lipinski definition) is 4. The Hall–Kier alpha value is -3.86. The lowest BCUT2D eigenvalue weighted by molar-refractivity contribution is -0.0336. The second-order valence-electron chi connectivity index (χ2n) is 13.4. The summed E-state index contributed by atoms with van der Waals surface area (Å²) < 4.78 is 13.0. The Labute approximate surface area is 293 Å². The summed E-state index contributed by atoms with van der Waals surface area (Å²) in [6, 6.07) is 21.3. The van der Waals surface area contributed by atoms with Crippen LogP contribution in [0.25, 0.3) is 10.2 Å². The number of aromatic hydroxyl groups is 1. The van der Waals surface area contributed by atoms with Gasteiger partial charge in [-0.05, 0) is 99.1 Å². The van der Waals surface area contributed by atoms with Crippen molar-refractivity contribution in [3.05, 3.63) is 93.1 Å². The number of amides is 1. The third-order valence-electron chi connectivity index (χ3n) is 9.92. The maximum absolute atomic E-state index is 13.1. The van der Waals surface area contributed by atoms with Crippen molar-refractivity contribution in [3.8, 4) is 11.5 Å². The van der Waals surface area contributed by atoms with Crippen molar-refractivity contribution < 1.29 is 19.4 Å². The van der Waals surface area contributed by atoms with Gasteiger partial charge >= 0.3 is 11.0 Å². The second-order valence-corrected chi connectivity index (χ2v) is 14.4. The number of phenolic OH excluding ortho intramolecular Hbond substituents is 1. The predicted octanol–water partition coefficient (Wildman–Crippen LogP) is 7.15. The molecule has 0 spiro atoms. The zero-order chi connectivity index (χ0) is 33.8. The zero-order valence-corrected chi connectivity index (χ0v) is 29.1. The molecule has 2 atom stereocenters. The van der Waals surface area contributed by atoms with Crippen molar-refractivity contribution in [3.63, 3.8) is 0 Å². The van der Waals surface area contributed by atoms with Gasteiger partial charge in [0.25, 0.3) is 0 Å². The molecule has 3 aromatic carbocycles. The van der Waals surface area contributed by atoms with E-state index in [1.165, 1.54) is 25.7 Å². The van der Waals surface area contributed by atoms with E-state index in [-0.39, 0.29) is 28.9 Å². The highest BCUT2D eigenvalue weighted by Gasteiger charge is 2.36. The van der Waals surface area contributed by atoms with Crippen LogP contribution in [0.3, 0.4) is 0 Å². The summed E-state index contributed by atoms with van der Waals surface area (Å²) in [7, 11) is 0. The minimum absolute atomic E-state index is 0.0346. The summed E-state index contributed by atoms with van der Waals surface area (Å²) in [5, 5.41) is 16.6. The van der Waals surface area contributed by atoms with Crippen LogP contribution in [0.4, 0.5) is 4.79 Å². The van der Waals surface area contributed by atoms with Crippen LogP contribution in [0, 0.1) is 5.92 Å². The van der Waals surface area contributed by atoms with Gasteiger partial charge in [0.05, 0.1) is 17.3 Å². The standard InChI is InChI=1S/C39H50N4O5S/c44-33-17-16-30(37-36(33)42-39(46)49-37)18-22-40-21-9-4-2-1-3-5-10-25-47-32-15-11-14-31(26-32)35(29-12-7-6-8-13-29)41-38(45)48-34-27-43-23-19-28(34)20-24-43/h6-8,11-17,26,28,34-35,40,44H,1-5,9-10,18-25,27H2,(H,41,45)(H,42,46)/t34-,35?/m0/s1. The zero-order valence-electron chi connectivity index (χ0n) is 28.3. The van der Waals surface area contributed by atoms with Gasteiger partial charge < -0.3 is 30.2 Å². The monoisotopic (exact) mass is 686 g/mol. The Bertz CT molecular complexity index is 1680. The summed E-state index contributed by atoms with van der Waals surface area (Å²) in [6.45, 7) is 5.57. The number of aromatic amines is 1. The van der Waals surface area contributed by atoms with Crippen LogP contribution in [0.2, 0.25) is 0 Å². The number of alkyl carbamates (subject to hydrolysis) is 1. The molecule has 10 heteroatoms. The second kappa shape index (κ2) is 17.7. The molecule has 3 aliphatic heterocycles. The molecule has 1 amide bonds. The number of unbranched alkanes of at least 4 members (excludes halogenated alkanes) is 6. The van der Waals surface area contributed by atoms with Gasteiger partial charge in [-0.25, -0.2) is 4.79 Å². The number of benzene rings is 3. The number of aromatic nitrogens is 1. The highest BCUT2D eigenvalue weighted by Crippen LogP contribution is 2.31. The predicted molar refractivity (Wildman–Crippen MR) is 196 cm³/mol. The average Bonchev–Trinajstić information content (AvgIpc) is 3.53. The number of piperidine rings is 3. The Morgan fingerprint density at radius 3 is 2.45 bits per heavy atom. The number of fused-ring (bicyclic) bond motifs is 4. The van der Waals surface area contributed by atoms with Gasteiger partial charge in [0, 0.05) is 6.54 Å². The van der Waals surface area contributed by atoms with Crippen LogP contribution in [0.1, 0.15) is 80.5 Å². The minimum atomic E-state index is -0.361. The summed E-state index contributed by atoms with van der Waals surface area (Å²) in [5.41, 5.74) is 3.62. The molecule has 0 radical (unpaired) electrons. The molecule has 49 heavy (non-hydrogen) atoms. The van der Waals surface area contributed by atoms with Crippen molar-refractivity contribution >= 4 is 27.6 Å². The van der Waals surface area contributed by atoms with Crippen LogP contribution in [-0.2, 0) is 11.2 Å². The van der Waals surface area contributed by atoms with Crippen molar-refractivity contribution in [2.45, 2.75) is 76.4 Å². The highest BCUT2D eigenvalue weighted by atomic mass is 32.1. The molecule has 0 aliphatic carbocycles. The largest absolute Gasteiger partial charge is 0.506 e. The molecule has 3 saturated heterocycles. The Morgan fingerprint density at radius 1 is 0.918 bits per heavy atom. The SMILES string of the molecule is O=C(NC(c1ccccc1)c1cccc(OCCCCCCCCCNCCc2ccc(O)c3[nH]c(=O)sc23)c1)O[C@H]1CN2CCC1CC2. The highest BCUT2D eigenvalue weighted by molar-refractivity contribution is 7.16. The maximum Gasteiger partial charge on any atom is 0.408 e. The molecule has 2 bridgehead atoms. The molecule has 4 aromatic rings. The third kappa shape index (κ3) is 9.86. The van der Waals surface area contributed by atoms with Gasteiger partial charge in [-0.2, -0.15) is 0 Å². The number of phenols is 1. The normalized spacial score (nSPS) is 19.1. The molecule has 1 unspecified atom stereocenters. The first-order valence-corrected chi connectivity index (χ1v) is 18.9. The van der Waals surface area contributed by atoms with Gasteiger partial charge in [0.2, 0.25) is 0 Å². The molecular formula is C39H50N4O5S. The first-order valence-electron chi connectivity index (χ1n) is 18.0. The van der Waals surface area contributed by atoms with Crippen LogP contribution in [-0.4, -0.2) is 66.5 Å². The number of rotatable bonds is 18. The maximum atomic E-state index is 13.1. The van der Waals surface area contributed by atoms with Gasteiger partial charge in [-0.3, -0.25) is 9.69 Å². The number of H-pyrrole nitrogens is 1. The fourth-order valence-corrected chi connectivity index (χ4v) is 8.06. The van der Waals surface area contributed by atoms with Gasteiger partial charge in [0.1, 0.15) is 23.1 Å². The molecule has 9 nitrogen and oxygen atoms in total. The van der Waals surface area contributed by atoms with Gasteiger partial charge in [-0.1, -0.05) is 92.0 Å². The molecule has 3 aliphatic rings. The Morgan fingerprint density at radius 2 is 1.67 bits per heavy atom. The van der Waals surface area contributed by atoms with Crippen LogP contribution in [0.5, 0.6) is 11.5 Å². The fraction of sp³-hybridized carbons (Fsp3) is 0.487. The van der Waals surface area contributed by atoms with E-state index in [1.54, 1.807) is 6.07 Å². The van der Waals surface area contributed by atoms with Crippen molar-refractivity contribution in [2.24, 2.45) is 5.92 Å². The van der Waals surface area contributed by atoms with Crippen molar-refractivity contribution in [1.29, 1.82) is 0 Å². The van der Waals surface area contributed by atoms with E-state index in [2.05, 4.69) is 20.5 Å². The summed E-state index contributed by atoms with van der Waals surface area (Å²) in [6.07, 6.45) is 10.8. The number of carbonyl (C=O) groups excluding carboxylic acids is 1. The van der Waals surface area contributed by atoms with E-state index < -0.39 is 0 Å². The van der Waals surface area contributed by atoms with E-state index in [9.17, 15) is 14.7 Å². The molecular weight excluding hydrogens is 637 g/mol. The lowest BCUT2D eigenvalue weighted by Gasteiger charge is -2.43. The van der Waals surface area contributed by atoms with E-state index in [1.807, 2.05) is 60.7 Å². The van der Waals surface area contributed by atoms with E-state index >= 15 is 0 Å². The molecule has 3 fully saturated rings. The van der Waals surface area contributed by atoms with Crippen LogP contribution < -0.4 is 20.2 Å². The van der Waals surface area contributed by atoms with Gasteiger partial charge in [-0.15, -0.1) is 0 Å². The number of carbonyl (C=O) groups is 1. The topological polar surface area (TPSA) is 116 Å². The van der Waals surface area contributed by atoms with Crippen LogP contribution in [0.15, 0.2) is 71.5 Å². The molecule has 7 rings (SSSR count). The molecule has 262 valence electrons. The number of thiazole rings is 1. The smallest absolute Gasteiger partial charge is 0.408 e. The average molecular weight is 687 g/mol. The molecule has 0 saturated carbocycles. The Balaban J connectivity index is 0.853. The van der Waals surface area contributed by atoms with Crippen molar-refractivity contribution in [2.75, 3.05) is 39.3 Å². The third-order valence-corrected chi connectivity index (χ3v) is 10.9. The van der Waals surface area contributed by atoms with Crippen molar-refractivity contribution in [1.82, 2.24) is 20.5 Å². The number of nitrogens with one attached hydrogen (secondary N) is 3. The number of nitrogens with zero attached hydrogens (tertiary/aromatic N) is 1. The Kier molecular flexibility index (Phi) is 12.6. The van der Waals surface area contributed by atoms with E-state index in [0.29, 0.717) is 18.0 Å².